The highest BCUT2D eigenvalue weighted by atomic mass is 16.6. The average molecular weight is 334 g/mol. The van der Waals surface area contributed by atoms with Crippen molar-refractivity contribution in [1.29, 1.82) is 0 Å². The molecule has 128 valence electrons. The molecular weight excluding hydrogens is 312 g/mol. The highest BCUT2D eigenvalue weighted by Crippen LogP contribution is 2.63. The number of hydrogen-bond donors (Lipinski definition) is 1. The number of rotatable bonds is 2. The lowest BCUT2D eigenvalue weighted by Gasteiger charge is -2.43. The summed E-state index contributed by atoms with van der Waals surface area (Å²) in [6.07, 6.45) is 3.86. The monoisotopic (exact) mass is 334 g/mol. The van der Waals surface area contributed by atoms with Crippen LogP contribution in [0.4, 0.5) is 11.4 Å². The predicted octanol–water partition coefficient (Wildman–Crippen LogP) is 5.20. The van der Waals surface area contributed by atoms with Crippen molar-refractivity contribution in [2.45, 2.75) is 38.1 Å². The molecule has 3 aliphatic rings. The summed E-state index contributed by atoms with van der Waals surface area (Å²) in [4.78, 5) is 11.0. The second-order valence-corrected chi connectivity index (χ2v) is 8.00. The van der Waals surface area contributed by atoms with E-state index in [1.165, 1.54) is 36.0 Å². The maximum absolute atomic E-state index is 11.2. The van der Waals surface area contributed by atoms with Crippen molar-refractivity contribution in [3.05, 3.63) is 69.3 Å². The van der Waals surface area contributed by atoms with Gasteiger partial charge in [0, 0.05) is 17.8 Å². The first-order chi connectivity index (χ1) is 12.1. The van der Waals surface area contributed by atoms with E-state index in [-0.39, 0.29) is 10.6 Å². The van der Waals surface area contributed by atoms with Gasteiger partial charge in [0.2, 0.25) is 0 Å². The van der Waals surface area contributed by atoms with E-state index in [2.05, 4.69) is 36.5 Å². The van der Waals surface area contributed by atoms with E-state index in [0.29, 0.717) is 23.8 Å². The molecule has 2 saturated carbocycles. The zero-order valence-corrected chi connectivity index (χ0v) is 14.3. The van der Waals surface area contributed by atoms with E-state index in [1.54, 1.807) is 6.07 Å². The van der Waals surface area contributed by atoms with Crippen LogP contribution in [0.1, 0.15) is 47.9 Å². The van der Waals surface area contributed by atoms with Gasteiger partial charge in [0.1, 0.15) is 0 Å². The summed E-state index contributed by atoms with van der Waals surface area (Å²) < 4.78 is 0. The minimum atomic E-state index is -0.269. The number of nitro benzene ring substituents is 1. The van der Waals surface area contributed by atoms with E-state index in [4.69, 9.17) is 0 Å². The lowest BCUT2D eigenvalue weighted by atomic mass is 9.68. The van der Waals surface area contributed by atoms with Crippen molar-refractivity contribution in [2.24, 2.45) is 17.8 Å². The first-order valence-electron chi connectivity index (χ1n) is 9.23. The number of fused-ring (bicyclic) bond motifs is 7. The number of anilines is 1. The highest BCUT2D eigenvalue weighted by molar-refractivity contribution is 5.62. The van der Waals surface area contributed by atoms with Crippen molar-refractivity contribution in [3.8, 4) is 0 Å². The van der Waals surface area contributed by atoms with Crippen molar-refractivity contribution in [2.75, 3.05) is 5.32 Å². The molecule has 2 aromatic carbocycles. The Morgan fingerprint density at radius 3 is 2.60 bits per heavy atom. The molecule has 25 heavy (non-hydrogen) atoms. The third-order valence-corrected chi connectivity index (χ3v) is 6.72. The van der Waals surface area contributed by atoms with E-state index < -0.39 is 0 Å². The molecule has 2 aromatic rings. The quantitative estimate of drug-likeness (QED) is 0.606. The van der Waals surface area contributed by atoms with E-state index >= 15 is 0 Å². The Balaban J connectivity index is 1.62. The Bertz CT molecular complexity index is 845. The van der Waals surface area contributed by atoms with Gasteiger partial charge in [0.25, 0.3) is 5.69 Å². The lowest BCUT2D eigenvalue weighted by Crippen LogP contribution is -2.35. The lowest BCUT2D eigenvalue weighted by molar-refractivity contribution is -0.384. The van der Waals surface area contributed by atoms with Gasteiger partial charge in [-0.25, -0.2) is 0 Å². The fraction of sp³-hybridized carbons (Fsp3) is 0.429. The van der Waals surface area contributed by atoms with Crippen LogP contribution in [-0.4, -0.2) is 4.92 Å². The van der Waals surface area contributed by atoms with Crippen LogP contribution in [0.15, 0.2) is 42.5 Å². The summed E-state index contributed by atoms with van der Waals surface area (Å²) in [6, 6.07) is 14.5. The van der Waals surface area contributed by atoms with E-state index in [1.807, 2.05) is 12.1 Å². The van der Waals surface area contributed by atoms with Crippen LogP contribution >= 0.6 is 0 Å². The van der Waals surface area contributed by atoms with Gasteiger partial charge in [0.15, 0.2) is 0 Å². The number of nitrogens with one attached hydrogen (secondary N) is 1. The van der Waals surface area contributed by atoms with Gasteiger partial charge in [-0.2, -0.15) is 0 Å². The van der Waals surface area contributed by atoms with Crippen LogP contribution in [0.25, 0.3) is 0 Å². The molecule has 2 aliphatic carbocycles. The summed E-state index contributed by atoms with van der Waals surface area (Å²) >= 11 is 0. The van der Waals surface area contributed by atoms with Gasteiger partial charge < -0.3 is 5.32 Å². The predicted molar refractivity (Wildman–Crippen MR) is 97.7 cm³/mol. The maximum Gasteiger partial charge on any atom is 0.269 e. The molecule has 0 saturated heterocycles. The molecule has 4 nitrogen and oxygen atoms in total. The smallest absolute Gasteiger partial charge is 0.269 e. The molecule has 0 unspecified atom stereocenters. The molecule has 5 atom stereocenters. The molecule has 0 spiro atoms. The van der Waals surface area contributed by atoms with E-state index in [0.717, 1.165) is 11.6 Å². The normalized spacial score (nSPS) is 32.0. The van der Waals surface area contributed by atoms with Crippen molar-refractivity contribution < 1.29 is 4.92 Å². The van der Waals surface area contributed by atoms with Crippen LogP contribution in [0.2, 0.25) is 0 Å². The van der Waals surface area contributed by atoms with Crippen LogP contribution in [0.5, 0.6) is 0 Å². The molecule has 0 aromatic heterocycles. The summed E-state index contributed by atoms with van der Waals surface area (Å²) in [6.45, 7) is 2.12. The number of nitro groups is 1. The first kappa shape index (κ1) is 14.9. The molecule has 5 rings (SSSR count). The topological polar surface area (TPSA) is 55.2 Å². The highest BCUT2D eigenvalue weighted by Gasteiger charge is 2.54. The summed E-state index contributed by atoms with van der Waals surface area (Å²) in [5.41, 5.74) is 5.10. The van der Waals surface area contributed by atoms with E-state index in [9.17, 15) is 10.1 Å². The van der Waals surface area contributed by atoms with Gasteiger partial charge in [0.05, 0.1) is 11.0 Å². The van der Waals surface area contributed by atoms with Crippen LogP contribution in [-0.2, 0) is 0 Å². The van der Waals surface area contributed by atoms with Gasteiger partial charge >= 0.3 is 0 Å². The summed E-state index contributed by atoms with van der Waals surface area (Å²) in [5, 5.41) is 15.0. The third kappa shape index (κ3) is 2.20. The minimum Gasteiger partial charge on any atom is -0.378 e. The summed E-state index contributed by atoms with van der Waals surface area (Å²) in [7, 11) is 0. The minimum absolute atomic E-state index is 0.218. The van der Waals surface area contributed by atoms with Crippen molar-refractivity contribution >= 4 is 11.4 Å². The Morgan fingerprint density at radius 1 is 1.08 bits per heavy atom. The molecule has 0 radical (unpaired) electrons. The van der Waals surface area contributed by atoms with Gasteiger partial charge in [-0.15, -0.1) is 0 Å². The summed E-state index contributed by atoms with van der Waals surface area (Å²) in [5.74, 6) is 2.43. The Hall–Kier alpha value is -2.36. The maximum atomic E-state index is 11.2. The molecule has 1 N–H and O–H groups in total. The standard InChI is InChI=1S/C21H22N2O2/c1-12-2-4-13(5-3-12)21-20-15-7-6-14(10-15)19(20)17-11-16(23(24)25)8-9-18(17)22-21/h2-5,8-9,11,14-15,19-22H,6-7,10H2,1H3/t14-,15-,19+,20-,21-/m0/s1. The number of aryl methyl sites for hydroxylation is 1. The van der Waals surface area contributed by atoms with Crippen molar-refractivity contribution in [1.82, 2.24) is 0 Å². The second-order valence-electron chi connectivity index (χ2n) is 8.00. The molecule has 2 bridgehead atoms. The molecule has 1 heterocycles. The van der Waals surface area contributed by atoms with Crippen LogP contribution < -0.4 is 5.32 Å². The molecule has 4 heteroatoms. The number of nitrogens with zero attached hydrogens (tertiary/aromatic N) is 1. The second kappa shape index (κ2) is 5.32. The Kier molecular flexibility index (Phi) is 3.18. The molecule has 0 amide bonds. The Morgan fingerprint density at radius 2 is 1.84 bits per heavy atom. The molecule has 1 aliphatic heterocycles. The number of non-ortho nitro benzene ring substituents is 1. The SMILES string of the molecule is Cc1ccc([C@@H]2Nc3ccc([N+](=O)[O-])cc3[C@H]3[C@H]4CC[C@@H](C4)[C@@H]32)cc1. The largest absolute Gasteiger partial charge is 0.378 e. The molecule has 2 fully saturated rings. The van der Waals surface area contributed by atoms with Gasteiger partial charge in [-0.05, 0) is 67.1 Å². The van der Waals surface area contributed by atoms with Crippen LogP contribution in [0, 0.1) is 34.8 Å². The zero-order chi connectivity index (χ0) is 17.1. The fourth-order valence-corrected chi connectivity index (χ4v) is 5.69. The third-order valence-electron chi connectivity index (χ3n) is 6.72. The molecular formula is C21H22N2O2. The number of hydrogen-bond acceptors (Lipinski definition) is 3. The fourth-order valence-electron chi connectivity index (χ4n) is 5.69. The number of benzene rings is 2. The van der Waals surface area contributed by atoms with Gasteiger partial charge in [-0.1, -0.05) is 29.8 Å². The average Bonchev–Trinajstić information content (AvgIpc) is 3.23. The van der Waals surface area contributed by atoms with Gasteiger partial charge in [-0.3, -0.25) is 10.1 Å². The zero-order valence-electron chi connectivity index (χ0n) is 14.3. The first-order valence-corrected chi connectivity index (χ1v) is 9.23. The van der Waals surface area contributed by atoms with Crippen LogP contribution in [0.3, 0.4) is 0 Å². The van der Waals surface area contributed by atoms with Crippen molar-refractivity contribution in [3.63, 3.8) is 0 Å². The Labute approximate surface area is 147 Å².